The highest BCUT2D eigenvalue weighted by atomic mass is 35.5. The number of benzene rings is 3. The van der Waals surface area contributed by atoms with Crippen molar-refractivity contribution in [3.8, 4) is 23.1 Å². The molecule has 0 saturated carbocycles. The molecule has 3 aromatic carbocycles. The topological polar surface area (TPSA) is 78.9 Å². The molecule has 1 atom stereocenters. The molecule has 0 bridgehead atoms. The molecule has 5 rings (SSSR count). The van der Waals surface area contributed by atoms with Gasteiger partial charge in [-0.15, -0.1) is 0 Å². The summed E-state index contributed by atoms with van der Waals surface area (Å²) in [7, 11) is 1.59. The average molecular weight is 502 g/mol. The molecule has 0 fully saturated rings. The third-order valence-corrected chi connectivity index (χ3v) is 6.10. The maximum absolute atomic E-state index is 13.4. The van der Waals surface area contributed by atoms with E-state index in [0.29, 0.717) is 38.8 Å². The lowest BCUT2D eigenvalue weighted by Crippen LogP contribution is -2.20. The van der Waals surface area contributed by atoms with Crippen LogP contribution in [0.5, 0.6) is 11.5 Å². The number of aromatic nitrogens is 2. The minimum atomic E-state index is -0.311. The number of para-hydroxylation sites is 1. The van der Waals surface area contributed by atoms with Gasteiger partial charge in [0.05, 0.1) is 30.3 Å². The Kier molecular flexibility index (Phi) is 6.48. The zero-order chi connectivity index (χ0) is 25.2. The third kappa shape index (κ3) is 4.57. The zero-order valence-electron chi connectivity index (χ0n) is 20.1. The van der Waals surface area contributed by atoms with Crippen LogP contribution in [0.3, 0.4) is 0 Å². The van der Waals surface area contributed by atoms with Gasteiger partial charge in [0, 0.05) is 10.4 Å². The molecule has 0 amide bonds. The molecular formula is C28H24ClN3O4. The number of methoxy groups -OCH3 is 1. The van der Waals surface area contributed by atoms with Crippen molar-refractivity contribution in [1.29, 1.82) is 0 Å². The van der Waals surface area contributed by atoms with Crippen LogP contribution in [0.15, 0.2) is 81.0 Å². The van der Waals surface area contributed by atoms with Crippen molar-refractivity contribution >= 4 is 39.7 Å². The van der Waals surface area contributed by atoms with Gasteiger partial charge in [-0.2, -0.15) is 9.78 Å². The zero-order valence-corrected chi connectivity index (χ0v) is 20.8. The van der Waals surface area contributed by atoms with Crippen molar-refractivity contribution in [1.82, 2.24) is 9.66 Å². The number of nitrogens with zero attached hydrogens (tertiary/aromatic N) is 3. The molecule has 0 saturated heterocycles. The number of hydrogen-bond acceptors (Lipinski definition) is 6. The first-order valence-corrected chi connectivity index (χ1v) is 11.9. The Morgan fingerprint density at radius 1 is 1.11 bits per heavy atom. The Hall–Kier alpha value is -4.10. The summed E-state index contributed by atoms with van der Waals surface area (Å²) >= 11 is 6.14. The first-order valence-electron chi connectivity index (χ1n) is 11.6. The van der Waals surface area contributed by atoms with Crippen LogP contribution in [0.2, 0.25) is 5.02 Å². The first kappa shape index (κ1) is 23.6. The quantitative estimate of drug-likeness (QED) is 0.237. The van der Waals surface area contributed by atoms with Crippen molar-refractivity contribution in [3.05, 3.63) is 87.7 Å². The molecule has 182 valence electrons. The summed E-state index contributed by atoms with van der Waals surface area (Å²) < 4.78 is 18.7. The van der Waals surface area contributed by atoms with Crippen molar-refractivity contribution in [2.45, 2.75) is 26.4 Å². The van der Waals surface area contributed by atoms with Crippen molar-refractivity contribution < 1.29 is 13.9 Å². The number of halogens is 1. The summed E-state index contributed by atoms with van der Waals surface area (Å²) in [5.41, 5.74) is 1.60. The number of furan rings is 1. The van der Waals surface area contributed by atoms with E-state index in [9.17, 15) is 4.79 Å². The lowest BCUT2D eigenvalue weighted by molar-refractivity contribution is 0.207. The predicted octanol–water partition coefficient (Wildman–Crippen LogP) is 6.53. The minimum absolute atomic E-state index is 0.0573. The van der Waals surface area contributed by atoms with Gasteiger partial charge in [-0.25, -0.2) is 4.98 Å². The van der Waals surface area contributed by atoms with E-state index in [-0.39, 0.29) is 17.5 Å². The summed E-state index contributed by atoms with van der Waals surface area (Å²) in [6.07, 6.45) is 2.51. The van der Waals surface area contributed by atoms with Crippen LogP contribution in [0.25, 0.3) is 33.5 Å². The van der Waals surface area contributed by atoms with Gasteiger partial charge < -0.3 is 13.9 Å². The van der Waals surface area contributed by atoms with Crippen LogP contribution in [0.1, 0.15) is 25.8 Å². The van der Waals surface area contributed by atoms with Gasteiger partial charge in [0.1, 0.15) is 5.58 Å². The third-order valence-electron chi connectivity index (χ3n) is 5.87. The highest BCUT2D eigenvalue weighted by Crippen LogP contribution is 2.30. The average Bonchev–Trinajstić information content (AvgIpc) is 3.31. The molecule has 0 N–H and O–H groups in total. The molecule has 2 aromatic heterocycles. The summed E-state index contributed by atoms with van der Waals surface area (Å²) in [5.74, 6) is 1.92. The Morgan fingerprint density at radius 2 is 1.94 bits per heavy atom. The lowest BCUT2D eigenvalue weighted by Gasteiger charge is -2.15. The molecule has 0 aliphatic carbocycles. The van der Waals surface area contributed by atoms with Gasteiger partial charge in [0.15, 0.2) is 17.3 Å². The summed E-state index contributed by atoms with van der Waals surface area (Å²) in [5, 5.41) is 6.35. The number of ether oxygens (including phenoxy) is 2. The summed E-state index contributed by atoms with van der Waals surface area (Å²) in [6.45, 7) is 4.06. The van der Waals surface area contributed by atoms with Crippen LogP contribution in [0, 0.1) is 0 Å². The largest absolute Gasteiger partial charge is 0.493 e. The van der Waals surface area contributed by atoms with E-state index in [1.54, 1.807) is 55.8 Å². The first-order chi connectivity index (χ1) is 17.5. The highest BCUT2D eigenvalue weighted by Gasteiger charge is 2.17. The standard InChI is InChI=1S/C28H24ClN3O4/c1-4-17(2)35-24-11-9-18(13-25(24)34-3)16-30-32-27(31-22-8-6-5-7-21(22)28(32)33)26-15-19-14-20(29)10-12-23(19)36-26/h5-17H,4H2,1-3H3/t17-/m1/s1. The van der Waals surface area contributed by atoms with Crippen LogP contribution >= 0.6 is 11.6 Å². The van der Waals surface area contributed by atoms with E-state index in [1.165, 1.54) is 4.68 Å². The fraction of sp³-hybridized carbons (Fsp3) is 0.179. The van der Waals surface area contributed by atoms with E-state index in [0.717, 1.165) is 17.4 Å². The van der Waals surface area contributed by atoms with Crippen LogP contribution in [0.4, 0.5) is 0 Å². The second kappa shape index (κ2) is 9.87. The molecule has 0 radical (unpaired) electrons. The molecule has 5 aromatic rings. The fourth-order valence-electron chi connectivity index (χ4n) is 3.80. The van der Waals surface area contributed by atoms with Gasteiger partial charge in [-0.3, -0.25) is 4.79 Å². The Bertz CT molecular complexity index is 1650. The van der Waals surface area contributed by atoms with Crippen LogP contribution < -0.4 is 15.0 Å². The van der Waals surface area contributed by atoms with Gasteiger partial charge >= 0.3 is 0 Å². The Morgan fingerprint density at radius 3 is 2.75 bits per heavy atom. The molecule has 0 spiro atoms. The van der Waals surface area contributed by atoms with E-state index in [2.05, 4.69) is 12.0 Å². The van der Waals surface area contributed by atoms with E-state index < -0.39 is 0 Å². The maximum Gasteiger partial charge on any atom is 0.282 e. The maximum atomic E-state index is 13.4. The normalized spacial score (nSPS) is 12.4. The Balaban J connectivity index is 1.62. The van der Waals surface area contributed by atoms with Crippen molar-refractivity contribution in [3.63, 3.8) is 0 Å². The van der Waals surface area contributed by atoms with Gasteiger partial charge in [0.2, 0.25) is 5.82 Å². The van der Waals surface area contributed by atoms with Gasteiger partial charge in [0.25, 0.3) is 5.56 Å². The lowest BCUT2D eigenvalue weighted by atomic mass is 10.2. The van der Waals surface area contributed by atoms with Gasteiger partial charge in [-0.05, 0) is 73.5 Å². The summed E-state index contributed by atoms with van der Waals surface area (Å²) in [6, 6.07) is 19.8. The molecule has 36 heavy (non-hydrogen) atoms. The molecule has 7 nitrogen and oxygen atoms in total. The van der Waals surface area contributed by atoms with Crippen molar-refractivity contribution in [2.75, 3.05) is 7.11 Å². The monoisotopic (exact) mass is 501 g/mol. The molecule has 0 unspecified atom stereocenters. The second-order valence-electron chi connectivity index (χ2n) is 8.35. The summed E-state index contributed by atoms with van der Waals surface area (Å²) in [4.78, 5) is 18.2. The van der Waals surface area contributed by atoms with Crippen LogP contribution in [-0.4, -0.2) is 29.1 Å². The molecule has 0 aliphatic rings. The predicted molar refractivity (Wildman–Crippen MR) is 143 cm³/mol. The molecular weight excluding hydrogens is 478 g/mol. The van der Waals surface area contributed by atoms with E-state index in [1.807, 2.05) is 31.2 Å². The number of fused-ring (bicyclic) bond motifs is 2. The molecule has 8 heteroatoms. The SMILES string of the molecule is CC[C@@H](C)Oc1ccc(C=Nn2c(-c3cc4cc(Cl)ccc4o3)nc3ccccc3c2=O)cc1OC. The molecule has 2 heterocycles. The highest BCUT2D eigenvalue weighted by molar-refractivity contribution is 6.31. The number of hydrogen-bond donors (Lipinski definition) is 0. The van der Waals surface area contributed by atoms with E-state index in [4.69, 9.17) is 30.5 Å². The van der Waals surface area contributed by atoms with Crippen LogP contribution in [-0.2, 0) is 0 Å². The van der Waals surface area contributed by atoms with Gasteiger partial charge in [-0.1, -0.05) is 30.7 Å². The molecule has 0 aliphatic heterocycles. The Labute approximate surface area is 212 Å². The fourth-order valence-corrected chi connectivity index (χ4v) is 3.98. The van der Waals surface area contributed by atoms with Crippen molar-refractivity contribution in [2.24, 2.45) is 5.10 Å². The number of rotatable bonds is 7. The second-order valence-corrected chi connectivity index (χ2v) is 8.79. The minimum Gasteiger partial charge on any atom is -0.493 e. The van der Waals surface area contributed by atoms with E-state index >= 15 is 0 Å². The smallest absolute Gasteiger partial charge is 0.282 e.